The van der Waals surface area contributed by atoms with E-state index in [9.17, 15) is 14.4 Å². The molecule has 2 aromatic rings. The summed E-state index contributed by atoms with van der Waals surface area (Å²) in [5, 5.41) is 0.144. The van der Waals surface area contributed by atoms with Gasteiger partial charge in [-0.25, -0.2) is 4.79 Å². The minimum atomic E-state index is -0.621. The fraction of sp³-hybridized carbons (Fsp3) is 0.350. The number of carbonyl (C=O) groups excluding carboxylic acids is 1. The number of pyridine rings is 1. The summed E-state index contributed by atoms with van der Waals surface area (Å²) in [6.45, 7) is 0.388. The number of rotatable bonds is 9. The molecule has 6 N–H and O–H groups in total. The van der Waals surface area contributed by atoms with Crippen molar-refractivity contribution in [3.63, 3.8) is 0 Å². The molecule has 0 unspecified atom stereocenters. The van der Waals surface area contributed by atoms with Crippen LogP contribution in [0.1, 0.15) is 37.7 Å². The molecule has 0 saturated heterocycles. The Morgan fingerprint density at radius 1 is 1.03 bits per heavy atom. The van der Waals surface area contributed by atoms with Crippen molar-refractivity contribution >= 4 is 28.5 Å². The smallest absolute Gasteiger partial charge is 0.347 e. The molecule has 0 aliphatic heterocycles. The van der Waals surface area contributed by atoms with E-state index in [2.05, 4.69) is 15.0 Å². The van der Waals surface area contributed by atoms with Crippen LogP contribution in [0.3, 0.4) is 0 Å². The second-order valence-corrected chi connectivity index (χ2v) is 6.88. The van der Waals surface area contributed by atoms with Crippen molar-refractivity contribution in [1.29, 1.82) is 0 Å². The van der Waals surface area contributed by atoms with Crippen molar-refractivity contribution in [3.05, 3.63) is 58.0 Å². The maximum atomic E-state index is 12.1. The molecule has 3 rings (SSSR count). The van der Waals surface area contributed by atoms with E-state index in [1.807, 2.05) is 25.7 Å². The van der Waals surface area contributed by atoms with Crippen molar-refractivity contribution in [2.45, 2.75) is 38.5 Å². The summed E-state index contributed by atoms with van der Waals surface area (Å²) in [5.41, 5.74) is 11.5. The highest BCUT2D eigenvalue weighted by atomic mass is 16.5. The van der Waals surface area contributed by atoms with Crippen molar-refractivity contribution in [1.82, 2.24) is 15.0 Å². The van der Waals surface area contributed by atoms with Gasteiger partial charge in [0.2, 0.25) is 0 Å². The highest BCUT2D eigenvalue weighted by Gasteiger charge is 2.20. The summed E-state index contributed by atoms with van der Waals surface area (Å²) in [4.78, 5) is 44.1. The lowest BCUT2D eigenvalue weighted by Gasteiger charge is -2.10. The number of aryl methyl sites for hydroxylation is 1. The molecule has 29 heavy (non-hydrogen) atoms. The Balaban J connectivity index is 1.45. The molecule has 1 saturated carbocycles. The molecule has 9 nitrogen and oxygen atoms in total. The SMILES string of the molecule is Nc1[nH]c(=O)c2c(N)nc(=O)[nH]c2c1CCCCCCOC(=O)C[C]1[CH][CH][CH][CH]1. The van der Waals surface area contributed by atoms with Gasteiger partial charge >= 0.3 is 11.7 Å². The predicted octanol–water partition coefficient (Wildman–Crippen LogP) is 1.22. The first kappa shape index (κ1) is 20.9. The van der Waals surface area contributed by atoms with Crippen LogP contribution >= 0.6 is 0 Å². The maximum absolute atomic E-state index is 12.1. The van der Waals surface area contributed by atoms with Gasteiger partial charge in [0, 0.05) is 5.56 Å². The van der Waals surface area contributed by atoms with Crippen LogP contribution < -0.4 is 22.7 Å². The zero-order chi connectivity index (χ0) is 20.8. The van der Waals surface area contributed by atoms with Gasteiger partial charge in [-0.1, -0.05) is 12.8 Å². The quantitative estimate of drug-likeness (QED) is 0.365. The van der Waals surface area contributed by atoms with Crippen LogP contribution in [0, 0.1) is 31.6 Å². The second-order valence-electron chi connectivity index (χ2n) is 6.88. The molecule has 0 aromatic carbocycles. The van der Waals surface area contributed by atoms with E-state index in [0.29, 0.717) is 30.5 Å². The number of hydrogen-bond donors (Lipinski definition) is 4. The van der Waals surface area contributed by atoms with E-state index in [0.717, 1.165) is 31.6 Å². The molecule has 2 heterocycles. The third kappa shape index (κ3) is 5.36. The molecule has 153 valence electrons. The van der Waals surface area contributed by atoms with E-state index in [-0.39, 0.29) is 23.0 Å². The Morgan fingerprint density at radius 2 is 1.76 bits per heavy atom. The number of fused-ring (bicyclic) bond motifs is 1. The fourth-order valence-corrected chi connectivity index (χ4v) is 3.29. The average molecular weight is 398 g/mol. The highest BCUT2D eigenvalue weighted by molar-refractivity contribution is 5.91. The molecule has 0 amide bonds. The van der Waals surface area contributed by atoms with Gasteiger partial charge in [0.05, 0.1) is 18.5 Å². The lowest BCUT2D eigenvalue weighted by Crippen LogP contribution is -2.21. The molecule has 1 aliphatic carbocycles. The lowest BCUT2D eigenvalue weighted by molar-refractivity contribution is -0.143. The molecule has 5 radical (unpaired) electrons. The molecule has 0 spiro atoms. The monoisotopic (exact) mass is 398 g/mol. The van der Waals surface area contributed by atoms with Crippen molar-refractivity contribution in [2.75, 3.05) is 18.1 Å². The Labute approximate surface area is 168 Å². The first-order valence-corrected chi connectivity index (χ1v) is 9.52. The van der Waals surface area contributed by atoms with Crippen LogP contribution in [0.4, 0.5) is 11.6 Å². The number of nitrogen functional groups attached to an aromatic ring is 2. The Bertz CT molecular complexity index is 975. The standard InChI is InChI=1S/C20H24N5O4/c21-17-13(16-15(19(27)24-17)18(22)25-20(28)23-16)9-3-1-2-6-10-29-14(26)11-12-7-4-5-8-12/h4-5,7-8H,1-3,6,9-11H2,(H3,21,24,27)(H3,22,23,25,28). The minimum Gasteiger partial charge on any atom is -0.466 e. The number of aromatic amines is 2. The number of unbranched alkanes of at least 4 members (excludes halogenated alkanes) is 3. The van der Waals surface area contributed by atoms with Crippen LogP contribution in [-0.4, -0.2) is 27.5 Å². The average Bonchev–Trinajstić information content (AvgIpc) is 3.15. The van der Waals surface area contributed by atoms with Crippen molar-refractivity contribution in [2.24, 2.45) is 0 Å². The number of anilines is 2. The number of aromatic nitrogens is 3. The lowest BCUT2D eigenvalue weighted by atomic mass is 10.0. The summed E-state index contributed by atoms with van der Waals surface area (Å²) in [7, 11) is 0. The molecule has 0 bridgehead atoms. The van der Waals surface area contributed by atoms with Crippen LogP contribution in [0.15, 0.2) is 9.59 Å². The zero-order valence-corrected chi connectivity index (χ0v) is 16.0. The fourth-order valence-electron chi connectivity index (χ4n) is 3.29. The van der Waals surface area contributed by atoms with E-state index in [4.69, 9.17) is 16.2 Å². The highest BCUT2D eigenvalue weighted by Crippen LogP contribution is 2.26. The van der Waals surface area contributed by atoms with Gasteiger partial charge < -0.3 is 26.2 Å². The number of carbonyl (C=O) groups is 1. The third-order valence-corrected chi connectivity index (χ3v) is 4.73. The second kappa shape index (κ2) is 9.58. The van der Waals surface area contributed by atoms with Crippen molar-refractivity contribution in [3.8, 4) is 0 Å². The van der Waals surface area contributed by atoms with Gasteiger partial charge in [-0.05, 0) is 50.9 Å². The normalized spacial score (nSPS) is 14.5. The van der Waals surface area contributed by atoms with Crippen LogP contribution in [0.5, 0.6) is 0 Å². The van der Waals surface area contributed by atoms with Gasteiger partial charge in [0.15, 0.2) is 0 Å². The number of nitrogens with one attached hydrogen (secondary N) is 2. The van der Waals surface area contributed by atoms with Crippen LogP contribution in [0.2, 0.25) is 0 Å². The van der Waals surface area contributed by atoms with Gasteiger partial charge in [-0.15, -0.1) is 0 Å². The largest absolute Gasteiger partial charge is 0.466 e. The molecule has 1 aliphatic rings. The van der Waals surface area contributed by atoms with E-state index < -0.39 is 11.2 Å². The number of hydrogen-bond acceptors (Lipinski definition) is 7. The Hall–Kier alpha value is -2.84. The summed E-state index contributed by atoms with van der Waals surface area (Å²) in [6, 6.07) is 0. The molecule has 2 aromatic heterocycles. The van der Waals surface area contributed by atoms with Gasteiger partial charge in [0.25, 0.3) is 5.56 Å². The molecular weight excluding hydrogens is 374 g/mol. The number of esters is 1. The van der Waals surface area contributed by atoms with E-state index in [1.54, 1.807) is 0 Å². The van der Waals surface area contributed by atoms with Crippen LogP contribution in [-0.2, 0) is 16.0 Å². The predicted molar refractivity (Wildman–Crippen MR) is 110 cm³/mol. The Kier molecular flexibility index (Phi) is 6.90. The minimum absolute atomic E-state index is 0.116. The number of nitrogens with zero attached hydrogens (tertiary/aromatic N) is 1. The van der Waals surface area contributed by atoms with E-state index >= 15 is 0 Å². The number of nitrogens with two attached hydrogens (primary N) is 2. The molecule has 1 fully saturated rings. The molecular formula is C20H24N5O4. The maximum Gasteiger partial charge on any atom is 0.347 e. The van der Waals surface area contributed by atoms with Gasteiger partial charge in [0.1, 0.15) is 17.0 Å². The van der Waals surface area contributed by atoms with Gasteiger partial charge in [-0.3, -0.25) is 9.59 Å². The summed E-state index contributed by atoms with van der Waals surface area (Å²) >= 11 is 0. The first-order chi connectivity index (χ1) is 14.0. The summed E-state index contributed by atoms with van der Waals surface area (Å²) in [6.07, 6.45) is 11.7. The first-order valence-electron chi connectivity index (χ1n) is 9.52. The third-order valence-electron chi connectivity index (χ3n) is 4.73. The number of H-pyrrole nitrogens is 2. The van der Waals surface area contributed by atoms with Crippen molar-refractivity contribution < 1.29 is 9.53 Å². The number of ether oxygens (including phenoxy) is 1. The van der Waals surface area contributed by atoms with Gasteiger partial charge in [-0.2, -0.15) is 4.98 Å². The molecule has 9 heteroatoms. The van der Waals surface area contributed by atoms with E-state index in [1.165, 1.54) is 0 Å². The van der Waals surface area contributed by atoms with Crippen LogP contribution in [0.25, 0.3) is 10.9 Å². The Morgan fingerprint density at radius 3 is 2.52 bits per heavy atom. The molecule has 0 atom stereocenters. The summed E-state index contributed by atoms with van der Waals surface area (Å²) in [5.74, 6) is 0.827. The zero-order valence-electron chi connectivity index (χ0n) is 16.0. The summed E-state index contributed by atoms with van der Waals surface area (Å²) < 4.78 is 5.24. The topological polar surface area (TPSA) is 157 Å².